The molecule has 2 fully saturated rings. The van der Waals surface area contributed by atoms with E-state index in [0.717, 1.165) is 81.1 Å². The molecule has 1 aromatic carbocycles. The largest absolute Gasteiger partial charge is 0.358 e. The van der Waals surface area contributed by atoms with Crippen LogP contribution in [-0.2, 0) is 10.0 Å². The van der Waals surface area contributed by atoms with Crippen LogP contribution in [0.4, 0.5) is 17.3 Å². The summed E-state index contributed by atoms with van der Waals surface area (Å²) < 4.78 is 28.3. The van der Waals surface area contributed by atoms with Gasteiger partial charge in [0.1, 0.15) is 11.6 Å². The van der Waals surface area contributed by atoms with E-state index in [4.69, 9.17) is 21.7 Å². The van der Waals surface area contributed by atoms with Gasteiger partial charge < -0.3 is 19.6 Å². The number of likely N-dealkylation sites (tertiary alicyclic amines) is 1. The van der Waals surface area contributed by atoms with Gasteiger partial charge in [0.2, 0.25) is 10.0 Å². The first-order chi connectivity index (χ1) is 19.0. The molecule has 0 bridgehead atoms. The third-order valence-corrected chi connectivity index (χ3v) is 8.31. The summed E-state index contributed by atoms with van der Waals surface area (Å²) in [7, 11) is 2.58. The van der Waals surface area contributed by atoms with Crippen molar-refractivity contribution in [1.29, 1.82) is 0 Å². The Morgan fingerprint density at radius 1 is 1.07 bits per heavy atom. The molecule has 0 saturated carbocycles. The number of rotatable bonds is 9. The molecule has 0 radical (unpaired) electrons. The summed E-state index contributed by atoms with van der Waals surface area (Å²) in [4.78, 5) is 27.3. The van der Waals surface area contributed by atoms with Crippen LogP contribution in [0, 0.1) is 0 Å². The number of likely N-dealkylation sites (N-methyl/N-ethyl adjacent to an activating group) is 2. The van der Waals surface area contributed by atoms with Gasteiger partial charge in [0.05, 0.1) is 29.2 Å². The summed E-state index contributed by atoms with van der Waals surface area (Å²) in [5, 5.41) is 5.36. The Bertz CT molecular complexity index is 1500. The molecule has 3 aromatic rings. The third kappa shape index (κ3) is 6.13. The van der Waals surface area contributed by atoms with Gasteiger partial charge in [-0.3, -0.25) is 9.52 Å². The van der Waals surface area contributed by atoms with Crippen molar-refractivity contribution in [2.75, 3.05) is 74.6 Å². The number of piperidine rings is 1. The zero-order chi connectivity index (χ0) is 28.6. The number of amides is 1. The maximum atomic E-state index is 13.9. The predicted octanol–water partition coefficient (Wildman–Crippen LogP) is 3.33. The predicted molar refractivity (Wildman–Crippen MR) is 159 cm³/mol. The van der Waals surface area contributed by atoms with Gasteiger partial charge in [0, 0.05) is 56.9 Å². The highest BCUT2D eigenvalue weighted by Gasteiger charge is 2.33. The summed E-state index contributed by atoms with van der Waals surface area (Å²) in [5.41, 5.74) is 1.94. The van der Waals surface area contributed by atoms with Crippen LogP contribution >= 0.6 is 11.6 Å². The molecule has 0 unspecified atom stereocenters. The molecule has 2 aliphatic rings. The average Bonchev–Trinajstić information content (AvgIpc) is 3.29. The summed E-state index contributed by atoms with van der Waals surface area (Å²) in [6.45, 7) is 4.21. The van der Waals surface area contributed by atoms with E-state index >= 15 is 0 Å². The molecule has 1 amide bonds. The van der Waals surface area contributed by atoms with Crippen LogP contribution in [0.15, 0.2) is 30.3 Å². The van der Waals surface area contributed by atoms with Crippen molar-refractivity contribution >= 4 is 50.5 Å². The Balaban J connectivity index is 1.53. The minimum absolute atomic E-state index is 0.210. The van der Waals surface area contributed by atoms with Crippen molar-refractivity contribution < 1.29 is 13.2 Å². The van der Waals surface area contributed by atoms with Gasteiger partial charge in [-0.05, 0) is 58.0 Å². The van der Waals surface area contributed by atoms with E-state index in [-0.39, 0.29) is 23.2 Å². The molecular formula is C27H37ClN8O3S. The van der Waals surface area contributed by atoms with Crippen LogP contribution in [-0.4, -0.2) is 98.8 Å². The van der Waals surface area contributed by atoms with Crippen LogP contribution in [0.3, 0.4) is 0 Å². The fourth-order valence-corrected chi connectivity index (χ4v) is 5.94. The van der Waals surface area contributed by atoms with Crippen molar-refractivity contribution in [3.8, 4) is 0 Å². The zero-order valence-electron chi connectivity index (χ0n) is 23.5. The Labute approximate surface area is 240 Å². The number of nitrogens with one attached hydrogen (secondary N) is 1. The maximum Gasteiger partial charge on any atom is 0.256 e. The quantitative estimate of drug-likeness (QED) is 0.406. The molecule has 0 aliphatic carbocycles. The maximum absolute atomic E-state index is 13.9. The van der Waals surface area contributed by atoms with E-state index in [1.807, 2.05) is 10.6 Å². The van der Waals surface area contributed by atoms with Crippen LogP contribution < -0.4 is 14.5 Å². The minimum Gasteiger partial charge on any atom is -0.358 e. The summed E-state index contributed by atoms with van der Waals surface area (Å²) in [6.07, 6.45) is 4.76. The SMILES string of the molecule is CN(C)CCN(C)c1cc(N2CCC2)nc2cc([C@@H]3CCCCN3C(=O)c3cc(Cl)ccc3NS(C)(=O)=O)nn12. The number of hydrogen-bond donors (Lipinski definition) is 1. The third-order valence-electron chi connectivity index (χ3n) is 7.48. The molecule has 0 spiro atoms. The number of nitrogens with zero attached hydrogens (tertiary/aromatic N) is 7. The van der Waals surface area contributed by atoms with Crippen LogP contribution in [0.2, 0.25) is 5.02 Å². The number of aromatic nitrogens is 3. The Kier molecular flexibility index (Phi) is 8.12. The molecule has 1 N–H and O–H groups in total. The first kappa shape index (κ1) is 28.4. The highest BCUT2D eigenvalue weighted by atomic mass is 35.5. The lowest BCUT2D eigenvalue weighted by Crippen LogP contribution is -2.39. The van der Waals surface area contributed by atoms with E-state index in [1.165, 1.54) is 12.1 Å². The van der Waals surface area contributed by atoms with Crippen molar-refractivity contribution in [3.63, 3.8) is 0 Å². The molecule has 11 nitrogen and oxygen atoms in total. The molecule has 2 aromatic heterocycles. The molecule has 2 aliphatic heterocycles. The molecule has 40 heavy (non-hydrogen) atoms. The van der Waals surface area contributed by atoms with Crippen molar-refractivity contribution in [1.82, 2.24) is 24.4 Å². The summed E-state index contributed by atoms with van der Waals surface area (Å²) in [6, 6.07) is 8.41. The zero-order valence-corrected chi connectivity index (χ0v) is 25.0. The Morgan fingerprint density at radius 2 is 1.85 bits per heavy atom. The van der Waals surface area contributed by atoms with Crippen LogP contribution in [0.5, 0.6) is 0 Å². The first-order valence-corrected chi connectivity index (χ1v) is 15.9. The van der Waals surface area contributed by atoms with Gasteiger partial charge in [-0.2, -0.15) is 9.61 Å². The second kappa shape index (κ2) is 11.4. The molecule has 216 valence electrons. The highest BCUT2D eigenvalue weighted by molar-refractivity contribution is 7.92. The first-order valence-electron chi connectivity index (χ1n) is 13.6. The average molecular weight is 589 g/mol. The molecule has 2 saturated heterocycles. The lowest BCUT2D eigenvalue weighted by Gasteiger charge is -2.35. The van der Waals surface area contributed by atoms with Crippen molar-refractivity contribution in [2.45, 2.75) is 31.7 Å². The fourth-order valence-electron chi connectivity index (χ4n) is 5.19. The van der Waals surface area contributed by atoms with E-state index in [9.17, 15) is 13.2 Å². The second-order valence-corrected chi connectivity index (χ2v) is 13.1. The number of benzene rings is 1. The molecule has 1 atom stereocenters. The van der Waals surface area contributed by atoms with Crippen LogP contribution in [0.25, 0.3) is 5.65 Å². The topological polar surface area (TPSA) is 106 Å². The number of carbonyl (C=O) groups excluding carboxylic acids is 1. The van der Waals surface area contributed by atoms with Gasteiger partial charge in [0.15, 0.2) is 5.65 Å². The number of anilines is 3. The van der Waals surface area contributed by atoms with Gasteiger partial charge in [-0.15, -0.1) is 0 Å². The highest BCUT2D eigenvalue weighted by Crippen LogP contribution is 2.35. The standard InChI is InChI=1S/C27H37ClN8O3S/c1-32(2)14-15-33(3)26-18-24(34-11-7-12-34)29-25-17-22(30-36(25)26)23-8-5-6-13-35(23)27(37)20-16-19(28)9-10-21(20)31-40(4,38)39/h9-10,16-18,23,31H,5-8,11-15H2,1-4H3/t23-/m0/s1. The summed E-state index contributed by atoms with van der Waals surface area (Å²) >= 11 is 6.24. The summed E-state index contributed by atoms with van der Waals surface area (Å²) in [5.74, 6) is 1.60. The van der Waals surface area contributed by atoms with Crippen molar-refractivity contribution in [2.24, 2.45) is 0 Å². The van der Waals surface area contributed by atoms with E-state index in [2.05, 4.69) is 46.6 Å². The fraction of sp³-hybridized carbons (Fsp3) is 0.519. The van der Waals surface area contributed by atoms with Gasteiger partial charge in [-0.1, -0.05) is 11.6 Å². The normalized spacial score (nSPS) is 17.8. The molecular weight excluding hydrogens is 552 g/mol. The monoisotopic (exact) mass is 588 g/mol. The number of fused-ring (bicyclic) bond motifs is 1. The van der Waals surface area contributed by atoms with E-state index < -0.39 is 10.0 Å². The smallest absolute Gasteiger partial charge is 0.256 e. The van der Waals surface area contributed by atoms with E-state index in [0.29, 0.717) is 11.6 Å². The Hall–Kier alpha value is -3.09. The number of halogens is 1. The minimum atomic E-state index is -3.59. The van der Waals surface area contributed by atoms with E-state index in [1.54, 1.807) is 11.0 Å². The lowest BCUT2D eigenvalue weighted by molar-refractivity contribution is 0.0607. The Morgan fingerprint density at radius 3 is 2.52 bits per heavy atom. The van der Waals surface area contributed by atoms with Gasteiger partial charge in [-0.25, -0.2) is 13.4 Å². The lowest BCUT2D eigenvalue weighted by atomic mass is 9.98. The van der Waals surface area contributed by atoms with Gasteiger partial charge >= 0.3 is 0 Å². The van der Waals surface area contributed by atoms with Crippen LogP contribution in [0.1, 0.15) is 47.8 Å². The van der Waals surface area contributed by atoms with Gasteiger partial charge in [0.25, 0.3) is 5.91 Å². The number of sulfonamides is 1. The second-order valence-electron chi connectivity index (χ2n) is 11.0. The number of hydrogen-bond acceptors (Lipinski definition) is 8. The molecule has 13 heteroatoms. The number of carbonyl (C=O) groups is 1. The molecule has 4 heterocycles. The van der Waals surface area contributed by atoms with Crippen molar-refractivity contribution in [3.05, 3.63) is 46.6 Å². The molecule has 5 rings (SSSR count).